The highest BCUT2D eigenvalue weighted by Gasteiger charge is 2.22. The molecule has 0 aliphatic carbocycles. The van der Waals surface area contributed by atoms with Crippen LogP contribution in [0.25, 0.3) is 0 Å². The summed E-state index contributed by atoms with van der Waals surface area (Å²) in [7, 11) is 0. The fourth-order valence-electron chi connectivity index (χ4n) is 2.11. The van der Waals surface area contributed by atoms with Crippen LogP contribution in [0.3, 0.4) is 0 Å². The van der Waals surface area contributed by atoms with E-state index < -0.39 is 0 Å². The molecule has 1 aromatic rings. The van der Waals surface area contributed by atoms with Crippen LogP contribution < -0.4 is 5.32 Å². The number of halogens is 1. The first-order chi connectivity index (χ1) is 8.33. The first kappa shape index (κ1) is 12.9. The van der Waals surface area contributed by atoms with Gasteiger partial charge in [-0.25, -0.2) is 4.39 Å². The molecule has 4 heteroatoms. The number of nitrogens with one attached hydrogen (secondary N) is 1. The zero-order chi connectivity index (χ0) is 12.1. The maximum absolute atomic E-state index is 13.6. The minimum Gasteiger partial charge on any atom is -0.396 e. The summed E-state index contributed by atoms with van der Waals surface area (Å²) < 4.78 is 13.6. The van der Waals surface area contributed by atoms with Crippen LogP contribution >= 0.6 is 11.8 Å². The van der Waals surface area contributed by atoms with Gasteiger partial charge in [0, 0.05) is 17.5 Å². The number of fused-ring (bicyclic) bond motifs is 1. The van der Waals surface area contributed by atoms with Crippen LogP contribution in [-0.2, 0) is 0 Å². The van der Waals surface area contributed by atoms with Gasteiger partial charge in [0.2, 0.25) is 0 Å². The van der Waals surface area contributed by atoms with Crippen molar-refractivity contribution in [1.29, 1.82) is 0 Å². The minimum absolute atomic E-state index is 0.102. The third kappa shape index (κ3) is 3.21. The normalized spacial score (nSPS) is 19.1. The van der Waals surface area contributed by atoms with Gasteiger partial charge in [0.15, 0.2) is 0 Å². The summed E-state index contributed by atoms with van der Waals surface area (Å²) in [5.74, 6) is 0.861. The van der Waals surface area contributed by atoms with Gasteiger partial charge in [-0.1, -0.05) is 12.1 Å². The molecule has 2 rings (SSSR count). The van der Waals surface area contributed by atoms with Crippen molar-refractivity contribution in [1.82, 2.24) is 5.32 Å². The number of hydrogen-bond donors (Lipinski definition) is 2. The Morgan fingerprint density at radius 2 is 2.29 bits per heavy atom. The summed E-state index contributed by atoms with van der Waals surface area (Å²) in [6.45, 7) is 1.12. The van der Waals surface area contributed by atoms with E-state index in [2.05, 4.69) is 5.32 Å². The third-order valence-corrected chi connectivity index (χ3v) is 4.16. The molecule has 2 nitrogen and oxygen atoms in total. The van der Waals surface area contributed by atoms with Crippen LogP contribution in [0, 0.1) is 5.82 Å². The first-order valence-corrected chi connectivity index (χ1v) is 7.07. The summed E-state index contributed by atoms with van der Waals surface area (Å²) in [4.78, 5) is 0.804. The van der Waals surface area contributed by atoms with Crippen molar-refractivity contribution in [2.24, 2.45) is 0 Å². The third-order valence-electron chi connectivity index (χ3n) is 3.00. The Bertz CT molecular complexity index is 372. The van der Waals surface area contributed by atoms with Crippen LogP contribution in [0.4, 0.5) is 4.39 Å². The average Bonchev–Trinajstić information content (AvgIpc) is 2.36. The lowest BCUT2D eigenvalue weighted by Crippen LogP contribution is -2.26. The van der Waals surface area contributed by atoms with Crippen molar-refractivity contribution >= 4 is 11.8 Å². The van der Waals surface area contributed by atoms with E-state index in [1.807, 2.05) is 6.07 Å². The Balaban J connectivity index is 1.99. The van der Waals surface area contributed by atoms with E-state index >= 15 is 0 Å². The topological polar surface area (TPSA) is 32.3 Å². The Kier molecular flexibility index (Phi) is 4.83. The second-order valence-electron chi connectivity index (χ2n) is 4.23. The van der Waals surface area contributed by atoms with E-state index in [1.54, 1.807) is 17.8 Å². The summed E-state index contributed by atoms with van der Waals surface area (Å²) in [5, 5.41) is 12.2. The lowest BCUT2D eigenvalue weighted by Gasteiger charge is -2.26. The van der Waals surface area contributed by atoms with Gasteiger partial charge < -0.3 is 10.4 Å². The van der Waals surface area contributed by atoms with Crippen LogP contribution in [-0.4, -0.2) is 24.0 Å². The number of benzene rings is 1. The van der Waals surface area contributed by atoms with Gasteiger partial charge in [0.05, 0.1) is 0 Å². The molecule has 0 amide bonds. The molecule has 1 aliphatic rings. The zero-order valence-electron chi connectivity index (χ0n) is 9.79. The van der Waals surface area contributed by atoms with Crippen LogP contribution in [0.15, 0.2) is 23.1 Å². The molecule has 0 saturated carbocycles. The van der Waals surface area contributed by atoms with Gasteiger partial charge in [-0.3, -0.25) is 0 Å². The van der Waals surface area contributed by atoms with Crippen LogP contribution in [0.1, 0.15) is 30.9 Å². The smallest absolute Gasteiger partial charge is 0.137 e. The molecular formula is C13H18FNOS. The first-order valence-electron chi connectivity index (χ1n) is 6.08. The standard InChI is InChI=1S/C13H18FNOS/c14-11-5-3-4-10-12(6-9-17-13(10)11)15-7-1-2-8-16/h3-5,12,15-16H,1-2,6-9H2. The summed E-state index contributed by atoms with van der Waals surface area (Å²) in [5.41, 5.74) is 1.09. The quantitative estimate of drug-likeness (QED) is 0.794. The van der Waals surface area contributed by atoms with Crippen LogP contribution in [0.5, 0.6) is 0 Å². The van der Waals surface area contributed by atoms with E-state index in [1.165, 1.54) is 6.07 Å². The molecule has 0 saturated heterocycles. The number of hydrogen-bond acceptors (Lipinski definition) is 3. The van der Waals surface area contributed by atoms with Crippen molar-refractivity contribution < 1.29 is 9.50 Å². The Labute approximate surface area is 106 Å². The maximum Gasteiger partial charge on any atom is 0.137 e. The minimum atomic E-state index is -0.102. The predicted molar refractivity (Wildman–Crippen MR) is 68.8 cm³/mol. The molecule has 1 atom stereocenters. The molecule has 0 aromatic heterocycles. The fraction of sp³-hybridized carbons (Fsp3) is 0.538. The Hall–Kier alpha value is -0.580. The highest BCUT2D eigenvalue weighted by molar-refractivity contribution is 7.99. The molecule has 2 N–H and O–H groups in total. The SMILES string of the molecule is OCCCCNC1CCSc2c(F)cccc21. The number of unbranched alkanes of at least 4 members (excludes halogenated alkanes) is 1. The molecule has 0 radical (unpaired) electrons. The van der Waals surface area contributed by atoms with E-state index in [-0.39, 0.29) is 18.5 Å². The van der Waals surface area contributed by atoms with Gasteiger partial charge in [0.1, 0.15) is 5.82 Å². The monoisotopic (exact) mass is 255 g/mol. The highest BCUT2D eigenvalue weighted by Crippen LogP contribution is 2.37. The lowest BCUT2D eigenvalue weighted by molar-refractivity contribution is 0.282. The fourth-order valence-corrected chi connectivity index (χ4v) is 3.25. The molecule has 0 fully saturated rings. The highest BCUT2D eigenvalue weighted by atomic mass is 32.2. The van der Waals surface area contributed by atoms with Gasteiger partial charge in [-0.15, -0.1) is 11.8 Å². The van der Waals surface area contributed by atoms with Gasteiger partial charge in [-0.05, 0) is 43.2 Å². The Morgan fingerprint density at radius 3 is 3.12 bits per heavy atom. The largest absolute Gasteiger partial charge is 0.396 e. The average molecular weight is 255 g/mol. The van der Waals surface area contributed by atoms with E-state index in [4.69, 9.17) is 5.11 Å². The number of rotatable bonds is 5. The van der Waals surface area contributed by atoms with Gasteiger partial charge >= 0.3 is 0 Å². The van der Waals surface area contributed by atoms with Crippen LogP contribution in [0.2, 0.25) is 0 Å². The van der Waals surface area contributed by atoms with Gasteiger partial charge in [-0.2, -0.15) is 0 Å². The Morgan fingerprint density at radius 1 is 1.41 bits per heavy atom. The molecule has 1 aromatic carbocycles. The summed E-state index contributed by atoms with van der Waals surface area (Å²) in [6.07, 6.45) is 2.83. The molecule has 1 aliphatic heterocycles. The van der Waals surface area contributed by atoms with Crippen molar-refractivity contribution in [2.45, 2.75) is 30.2 Å². The number of aliphatic hydroxyl groups excluding tert-OH is 1. The molecule has 94 valence electrons. The molecule has 1 heterocycles. The van der Waals surface area contributed by atoms with E-state index in [0.29, 0.717) is 0 Å². The van der Waals surface area contributed by atoms with Crippen molar-refractivity contribution in [3.8, 4) is 0 Å². The van der Waals surface area contributed by atoms with E-state index in [0.717, 1.165) is 42.0 Å². The molecule has 0 spiro atoms. The number of aliphatic hydroxyl groups is 1. The second kappa shape index (κ2) is 6.38. The lowest BCUT2D eigenvalue weighted by atomic mass is 10.0. The maximum atomic E-state index is 13.6. The van der Waals surface area contributed by atoms with Gasteiger partial charge in [0.25, 0.3) is 0 Å². The molecule has 0 bridgehead atoms. The molecule has 1 unspecified atom stereocenters. The predicted octanol–water partition coefficient (Wildman–Crippen LogP) is 2.72. The molecule has 17 heavy (non-hydrogen) atoms. The number of thioether (sulfide) groups is 1. The molecular weight excluding hydrogens is 237 g/mol. The zero-order valence-corrected chi connectivity index (χ0v) is 10.6. The van der Waals surface area contributed by atoms with Crippen molar-refractivity contribution in [3.05, 3.63) is 29.6 Å². The summed E-state index contributed by atoms with van der Waals surface area (Å²) in [6, 6.07) is 5.58. The van der Waals surface area contributed by atoms with E-state index in [9.17, 15) is 4.39 Å². The van der Waals surface area contributed by atoms with Crippen molar-refractivity contribution in [2.75, 3.05) is 18.9 Å². The second-order valence-corrected chi connectivity index (χ2v) is 5.34. The van der Waals surface area contributed by atoms with Crippen molar-refractivity contribution in [3.63, 3.8) is 0 Å². The summed E-state index contributed by atoms with van der Waals surface area (Å²) >= 11 is 1.61.